The lowest BCUT2D eigenvalue weighted by Gasteiger charge is -2.31. The fourth-order valence-electron chi connectivity index (χ4n) is 4.08. The zero-order chi connectivity index (χ0) is 18.7. The smallest absolute Gasteiger partial charge is 0.292 e. The zero-order valence-corrected chi connectivity index (χ0v) is 16.3. The first-order chi connectivity index (χ1) is 12.5. The Labute approximate surface area is 156 Å². The van der Waals surface area contributed by atoms with E-state index in [1.807, 2.05) is 12.3 Å². The van der Waals surface area contributed by atoms with Crippen LogP contribution in [0, 0.1) is 0 Å². The number of carbonyl (C=O) groups excluding carboxylic acids is 2. The topological polar surface area (TPSA) is 54.3 Å². The molecule has 1 amide bonds. The largest absolute Gasteiger partial charge is 0.348 e. The van der Waals surface area contributed by atoms with Crippen LogP contribution < -0.4 is 5.32 Å². The summed E-state index contributed by atoms with van der Waals surface area (Å²) in [6.07, 6.45) is 10.9. The van der Waals surface area contributed by atoms with Crippen LogP contribution in [0.5, 0.6) is 0 Å². The predicted octanol–water partition coefficient (Wildman–Crippen LogP) is 3.20. The van der Waals surface area contributed by atoms with Crippen LogP contribution in [0.25, 0.3) is 6.08 Å². The second kappa shape index (κ2) is 8.21. The van der Waals surface area contributed by atoms with Crippen LogP contribution >= 0.6 is 0 Å². The van der Waals surface area contributed by atoms with Gasteiger partial charge in [0.25, 0.3) is 11.7 Å². The van der Waals surface area contributed by atoms with Crippen LogP contribution in [0.2, 0.25) is 0 Å². The molecule has 5 heteroatoms. The third kappa shape index (κ3) is 3.93. The van der Waals surface area contributed by atoms with Crippen LogP contribution in [0.3, 0.4) is 0 Å². The first-order valence-electron chi connectivity index (χ1n) is 9.99. The minimum atomic E-state index is -0.457. The maximum absolute atomic E-state index is 12.8. The number of aromatic nitrogens is 1. The molecule has 0 spiro atoms. The van der Waals surface area contributed by atoms with Crippen molar-refractivity contribution in [3.63, 3.8) is 0 Å². The van der Waals surface area contributed by atoms with E-state index in [-0.39, 0.29) is 12.1 Å². The van der Waals surface area contributed by atoms with E-state index in [1.54, 1.807) is 0 Å². The summed E-state index contributed by atoms with van der Waals surface area (Å²) >= 11 is 0. The Hall–Kier alpha value is -1.88. The number of hydrogen-bond donors (Lipinski definition) is 1. The lowest BCUT2D eigenvalue weighted by atomic mass is 9.98. The zero-order valence-electron chi connectivity index (χ0n) is 16.3. The highest BCUT2D eigenvalue weighted by atomic mass is 16.2. The minimum absolute atomic E-state index is 0.109. The summed E-state index contributed by atoms with van der Waals surface area (Å²) in [5, 5.41) is 2.98. The Bertz CT molecular complexity index is 694. The molecule has 2 heterocycles. The van der Waals surface area contributed by atoms with E-state index in [1.165, 1.54) is 5.69 Å². The van der Waals surface area contributed by atoms with Crippen LogP contribution in [-0.2, 0) is 11.2 Å². The maximum Gasteiger partial charge on any atom is 0.292 e. The summed E-state index contributed by atoms with van der Waals surface area (Å²) in [5.41, 5.74) is 2.65. The fraction of sp³-hybridized carbons (Fsp3) is 0.619. The van der Waals surface area contributed by atoms with Gasteiger partial charge in [-0.2, -0.15) is 0 Å². The molecule has 1 fully saturated rings. The number of fused-ring (bicyclic) bond motifs is 1. The van der Waals surface area contributed by atoms with Crippen molar-refractivity contribution in [2.24, 2.45) is 0 Å². The van der Waals surface area contributed by atoms with E-state index in [2.05, 4.69) is 41.6 Å². The van der Waals surface area contributed by atoms with E-state index in [0.29, 0.717) is 5.56 Å². The van der Waals surface area contributed by atoms with Gasteiger partial charge in [-0.05, 0) is 52.5 Å². The fourth-order valence-corrected chi connectivity index (χ4v) is 4.08. The van der Waals surface area contributed by atoms with Gasteiger partial charge < -0.3 is 14.8 Å². The normalized spacial score (nSPS) is 18.2. The molecule has 0 bridgehead atoms. The van der Waals surface area contributed by atoms with Crippen molar-refractivity contribution in [1.29, 1.82) is 0 Å². The van der Waals surface area contributed by atoms with Crippen molar-refractivity contribution in [1.82, 2.24) is 14.8 Å². The number of allylic oxidation sites excluding steroid dienone is 1. The van der Waals surface area contributed by atoms with Crippen molar-refractivity contribution in [2.45, 2.75) is 65.0 Å². The minimum Gasteiger partial charge on any atom is -0.348 e. The lowest BCUT2D eigenvalue weighted by Crippen LogP contribution is -2.46. The third-order valence-electron chi connectivity index (χ3n) is 5.48. The molecular formula is C21H31N3O2. The van der Waals surface area contributed by atoms with Gasteiger partial charge in [0, 0.05) is 42.6 Å². The van der Waals surface area contributed by atoms with Gasteiger partial charge >= 0.3 is 0 Å². The van der Waals surface area contributed by atoms with Crippen molar-refractivity contribution >= 4 is 17.8 Å². The van der Waals surface area contributed by atoms with Crippen LogP contribution in [0.1, 0.15) is 74.1 Å². The molecule has 2 aliphatic rings. The van der Waals surface area contributed by atoms with E-state index in [0.717, 1.165) is 57.3 Å². The molecule has 0 radical (unpaired) electrons. The van der Waals surface area contributed by atoms with Crippen LogP contribution in [-0.4, -0.2) is 46.8 Å². The molecule has 0 atom stereocenters. The Morgan fingerprint density at radius 1 is 1.27 bits per heavy atom. The molecule has 0 aromatic carbocycles. The molecule has 1 aromatic heterocycles. The number of nitrogens with one attached hydrogen (secondary N) is 1. The molecule has 26 heavy (non-hydrogen) atoms. The van der Waals surface area contributed by atoms with Crippen molar-refractivity contribution in [3.05, 3.63) is 29.1 Å². The SMILES string of the molecule is CCCN1CCC(NC(=O)C(=O)c2cn(C(C)C)c3c2C=CCC3)CC1. The van der Waals surface area contributed by atoms with Gasteiger partial charge in [-0.1, -0.05) is 19.1 Å². The summed E-state index contributed by atoms with van der Waals surface area (Å²) in [7, 11) is 0. The van der Waals surface area contributed by atoms with Gasteiger partial charge in [-0.3, -0.25) is 9.59 Å². The second-order valence-electron chi connectivity index (χ2n) is 7.76. The highest BCUT2D eigenvalue weighted by molar-refractivity contribution is 6.43. The van der Waals surface area contributed by atoms with Crippen molar-refractivity contribution in [2.75, 3.05) is 19.6 Å². The molecule has 0 saturated carbocycles. The van der Waals surface area contributed by atoms with Crippen molar-refractivity contribution in [3.8, 4) is 0 Å². The number of amides is 1. The Kier molecular flexibility index (Phi) is 5.97. The summed E-state index contributed by atoms with van der Waals surface area (Å²) < 4.78 is 2.14. The lowest BCUT2D eigenvalue weighted by molar-refractivity contribution is -0.118. The Balaban J connectivity index is 1.68. The van der Waals surface area contributed by atoms with Gasteiger partial charge in [0.1, 0.15) is 0 Å². The molecule has 5 nitrogen and oxygen atoms in total. The van der Waals surface area contributed by atoms with E-state index in [4.69, 9.17) is 0 Å². The second-order valence-corrected chi connectivity index (χ2v) is 7.76. The molecule has 1 N–H and O–H groups in total. The molecule has 1 aliphatic heterocycles. The van der Waals surface area contributed by atoms with E-state index in [9.17, 15) is 9.59 Å². The highest BCUT2D eigenvalue weighted by Crippen LogP contribution is 2.28. The summed E-state index contributed by atoms with van der Waals surface area (Å²) in [6, 6.07) is 0.390. The number of piperidine rings is 1. The van der Waals surface area contributed by atoms with Gasteiger partial charge in [-0.15, -0.1) is 0 Å². The molecule has 3 rings (SSSR count). The molecule has 1 aliphatic carbocycles. The quantitative estimate of drug-likeness (QED) is 0.628. The number of rotatable bonds is 6. The van der Waals surface area contributed by atoms with Gasteiger partial charge in [0.15, 0.2) is 0 Å². The Morgan fingerprint density at radius 3 is 2.65 bits per heavy atom. The average molecular weight is 357 g/mol. The molecule has 142 valence electrons. The summed E-state index contributed by atoms with van der Waals surface area (Å²) in [5.74, 6) is -0.857. The van der Waals surface area contributed by atoms with Crippen LogP contribution in [0.15, 0.2) is 12.3 Å². The third-order valence-corrected chi connectivity index (χ3v) is 5.48. The summed E-state index contributed by atoms with van der Waals surface area (Å²) in [6.45, 7) is 9.50. The molecule has 1 saturated heterocycles. The van der Waals surface area contributed by atoms with Crippen LogP contribution in [0.4, 0.5) is 0 Å². The monoisotopic (exact) mass is 357 g/mol. The highest BCUT2D eigenvalue weighted by Gasteiger charge is 2.28. The molecule has 1 aromatic rings. The predicted molar refractivity (Wildman–Crippen MR) is 104 cm³/mol. The average Bonchev–Trinajstić information content (AvgIpc) is 3.03. The number of hydrogen-bond acceptors (Lipinski definition) is 3. The maximum atomic E-state index is 12.8. The first-order valence-corrected chi connectivity index (χ1v) is 9.99. The van der Waals surface area contributed by atoms with Gasteiger partial charge in [0.2, 0.25) is 0 Å². The van der Waals surface area contributed by atoms with E-state index >= 15 is 0 Å². The summed E-state index contributed by atoms with van der Waals surface area (Å²) in [4.78, 5) is 27.8. The number of likely N-dealkylation sites (tertiary alicyclic amines) is 1. The molecular weight excluding hydrogens is 326 g/mol. The number of nitrogens with zero attached hydrogens (tertiary/aromatic N) is 2. The van der Waals surface area contributed by atoms with Gasteiger partial charge in [-0.25, -0.2) is 0 Å². The number of ketones is 1. The standard InChI is InChI=1S/C21H31N3O2/c1-4-11-23-12-9-16(10-13-23)22-21(26)20(25)18-14-24(15(2)3)19-8-6-5-7-17(18)19/h5,7,14-16H,4,6,8-13H2,1-3H3,(H,22,26). The molecule has 0 unspecified atom stereocenters. The number of carbonyl (C=O) groups is 2. The Morgan fingerprint density at radius 2 is 2.00 bits per heavy atom. The van der Waals surface area contributed by atoms with E-state index < -0.39 is 11.7 Å². The van der Waals surface area contributed by atoms with Gasteiger partial charge in [0.05, 0.1) is 5.56 Å². The number of Topliss-reactive ketones (excluding diaryl/α,β-unsaturated/α-hetero) is 1. The first kappa shape index (κ1) is 18.9. The van der Waals surface area contributed by atoms with Crippen molar-refractivity contribution < 1.29 is 9.59 Å².